The van der Waals surface area contributed by atoms with Gasteiger partial charge in [-0.2, -0.15) is 0 Å². The van der Waals surface area contributed by atoms with Crippen LogP contribution in [-0.2, 0) is 9.59 Å². The smallest absolute Gasteiger partial charge is 0.326 e. The molecule has 0 fully saturated rings. The van der Waals surface area contributed by atoms with Crippen LogP contribution < -0.4 is 5.32 Å². The number of aliphatic carboxylic acids is 1. The van der Waals surface area contributed by atoms with Gasteiger partial charge in [0.1, 0.15) is 6.04 Å². The van der Waals surface area contributed by atoms with E-state index in [1.54, 1.807) is 0 Å². The van der Waals surface area contributed by atoms with E-state index in [9.17, 15) is 9.59 Å². The molecule has 4 nitrogen and oxygen atoms in total. The minimum Gasteiger partial charge on any atom is -0.480 e. The number of amides is 1. The van der Waals surface area contributed by atoms with Crippen LogP contribution in [0.1, 0.15) is 142 Å². The average Bonchev–Trinajstić information content (AvgIpc) is 2.75. The molecule has 0 saturated carbocycles. The lowest BCUT2D eigenvalue weighted by Gasteiger charge is -2.14. The maximum Gasteiger partial charge on any atom is 0.326 e. The van der Waals surface area contributed by atoms with E-state index in [2.05, 4.69) is 24.3 Å². The van der Waals surface area contributed by atoms with Crippen LogP contribution in [0.4, 0.5) is 0 Å². The van der Waals surface area contributed by atoms with Gasteiger partial charge in [-0.1, -0.05) is 123 Å². The largest absolute Gasteiger partial charge is 0.480 e. The summed E-state index contributed by atoms with van der Waals surface area (Å²) in [5, 5.41) is 6.90. The molecule has 0 aromatic heterocycles. The van der Waals surface area contributed by atoms with Crippen LogP contribution in [0, 0.1) is 0 Å². The van der Waals surface area contributed by atoms with Crippen LogP contribution >= 0.6 is 0 Å². The van der Waals surface area contributed by atoms with Crippen LogP contribution in [0.15, 0.2) is 0 Å². The summed E-state index contributed by atoms with van der Waals surface area (Å²) in [6.45, 7) is 4.42. The van der Waals surface area contributed by atoms with Gasteiger partial charge >= 0.3 is 5.97 Å². The average molecular weight is 413 g/mol. The predicted molar refractivity (Wildman–Crippen MR) is 123 cm³/mol. The standard InChI is InChI=1S/C25H49NO3/c1-3-5-7-9-10-11-12-13-14-15-16-18-19-21-23(25(28)29)26-24(27)22-20-17-8-6-4-2/h23H,3-22H2,1-2H3,(H,26,27)(H,28,29)/i/hD. The van der Waals surface area contributed by atoms with Crippen LogP contribution in [-0.4, -0.2) is 23.0 Å². The highest BCUT2D eigenvalue weighted by atomic mass is 16.4. The van der Waals surface area contributed by atoms with Crippen molar-refractivity contribution in [3.05, 3.63) is 0 Å². The number of carboxylic acids is 1. The molecule has 0 radical (unpaired) electrons. The summed E-state index contributed by atoms with van der Waals surface area (Å²) in [5.41, 5.74) is 0. The van der Waals surface area contributed by atoms with Crippen molar-refractivity contribution in [2.75, 3.05) is 0 Å². The van der Waals surface area contributed by atoms with E-state index in [1.165, 1.54) is 83.5 Å². The zero-order chi connectivity index (χ0) is 22.3. The zero-order valence-corrected chi connectivity index (χ0v) is 19.4. The maximum absolute atomic E-state index is 12.1. The van der Waals surface area contributed by atoms with Crippen LogP contribution in [0.25, 0.3) is 1.43 Å². The second-order valence-electron chi connectivity index (χ2n) is 8.63. The van der Waals surface area contributed by atoms with Gasteiger partial charge in [0, 0.05) is 6.42 Å². The van der Waals surface area contributed by atoms with E-state index in [0.29, 0.717) is 12.8 Å². The fraction of sp³-hybridized carbons (Fsp3) is 0.920. The molecule has 2 N–H and O–H groups in total. The molecule has 4 heteroatoms. The molecule has 1 atom stereocenters. The number of carbonyl (C=O) groups excluding carboxylic acids is 1. The number of carbonyl (C=O) groups is 2. The first-order valence-corrected chi connectivity index (χ1v) is 12.6. The third-order valence-corrected chi connectivity index (χ3v) is 5.72. The van der Waals surface area contributed by atoms with Gasteiger partial charge in [0.2, 0.25) is 5.91 Å². The van der Waals surface area contributed by atoms with Crippen molar-refractivity contribution in [2.24, 2.45) is 0 Å². The fourth-order valence-corrected chi connectivity index (χ4v) is 3.77. The molecule has 1 unspecified atom stereocenters. The first kappa shape index (κ1) is 26.0. The molecule has 0 saturated heterocycles. The molecule has 0 rings (SSSR count). The summed E-state index contributed by atoms with van der Waals surface area (Å²) in [6.07, 6.45) is 23.0. The summed E-state index contributed by atoms with van der Waals surface area (Å²) in [4.78, 5) is 23.8. The second-order valence-corrected chi connectivity index (χ2v) is 8.63. The Morgan fingerprint density at radius 1 is 0.690 bits per heavy atom. The zero-order valence-electron chi connectivity index (χ0n) is 20.4. The summed E-state index contributed by atoms with van der Waals surface area (Å²) >= 11 is 0. The first-order chi connectivity index (χ1) is 14.7. The Labute approximate surface area is 182 Å². The van der Waals surface area contributed by atoms with Crippen molar-refractivity contribution in [3.63, 3.8) is 0 Å². The molecule has 0 aliphatic rings. The van der Waals surface area contributed by atoms with Crippen LogP contribution in [0.3, 0.4) is 0 Å². The minimum atomic E-state index is -0.668. The Morgan fingerprint density at radius 3 is 1.55 bits per heavy atom. The number of nitrogens with one attached hydrogen (secondary N) is 1. The molecular formula is C25H49NO3. The van der Waals surface area contributed by atoms with E-state index in [1.807, 2.05) is 0 Å². The van der Waals surface area contributed by atoms with Gasteiger partial charge in [-0.25, -0.2) is 4.79 Å². The van der Waals surface area contributed by atoms with Crippen LogP contribution in [0.5, 0.6) is 0 Å². The molecule has 0 aliphatic heterocycles. The van der Waals surface area contributed by atoms with Crippen molar-refractivity contribution in [1.29, 1.82) is 1.43 Å². The normalized spacial score (nSPS) is 12.4. The molecular weight excluding hydrogens is 362 g/mol. The number of rotatable bonds is 22. The molecule has 172 valence electrons. The number of carboxylic acid groups (broad SMARTS) is 1. The Kier molecular flexibility index (Phi) is 19.4. The van der Waals surface area contributed by atoms with E-state index in [0.717, 1.165) is 32.1 Å². The Hall–Kier alpha value is -1.06. The number of hydrogen-bond acceptors (Lipinski definition) is 3. The summed E-state index contributed by atoms with van der Waals surface area (Å²) in [5.74, 6) is -0.745. The predicted octanol–water partition coefficient (Wildman–Crippen LogP) is 7.40. The Balaban J connectivity index is 3.71. The minimum absolute atomic E-state index is 0.100. The topological polar surface area (TPSA) is 66.4 Å². The lowest BCUT2D eigenvalue weighted by molar-refractivity contribution is -0.142. The number of unbranched alkanes of at least 4 members (excludes halogenated alkanes) is 16. The second kappa shape index (κ2) is 21.6. The van der Waals surface area contributed by atoms with Crippen LogP contribution in [0.2, 0.25) is 0 Å². The Morgan fingerprint density at radius 2 is 1.10 bits per heavy atom. The highest BCUT2D eigenvalue weighted by Crippen LogP contribution is 2.13. The van der Waals surface area contributed by atoms with Crippen molar-refractivity contribution < 1.29 is 14.7 Å². The highest BCUT2D eigenvalue weighted by Gasteiger charge is 2.18. The molecule has 0 bridgehead atoms. The van der Waals surface area contributed by atoms with E-state index < -0.39 is 12.0 Å². The van der Waals surface area contributed by atoms with Gasteiger partial charge in [-0.3, -0.25) is 4.79 Å². The first-order valence-electron chi connectivity index (χ1n) is 13.0. The Bertz CT molecular complexity index is 404. The maximum atomic E-state index is 12.1. The molecule has 29 heavy (non-hydrogen) atoms. The molecule has 0 spiro atoms. The summed E-state index contributed by atoms with van der Waals surface area (Å²) in [6, 6.07) is -0.668. The molecule has 0 aromatic carbocycles. The van der Waals surface area contributed by atoms with Crippen molar-refractivity contribution >= 4 is 11.9 Å². The lowest BCUT2D eigenvalue weighted by Crippen LogP contribution is -2.40. The number of hydrogen-bond donors (Lipinski definition) is 2. The van der Waals surface area contributed by atoms with Gasteiger partial charge in [-0.15, -0.1) is 0 Å². The fourth-order valence-electron chi connectivity index (χ4n) is 3.77. The van der Waals surface area contributed by atoms with Gasteiger partial charge < -0.3 is 10.4 Å². The highest BCUT2D eigenvalue weighted by molar-refractivity contribution is 5.83. The summed E-state index contributed by atoms with van der Waals surface area (Å²) < 4.78 is 6.87. The van der Waals surface area contributed by atoms with Crippen molar-refractivity contribution in [2.45, 2.75) is 148 Å². The van der Waals surface area contributed by atoms with Crippen molar-refractivity contribution in [3.8, 4) is 0 Å². The van der Waals surface area contributed by atoms with E-state index in [-0.39, 0.29) is 5.91 Å². The molecule has 1 amide bonds. The monoisotopic (exact) mass is 412 g/mol. The molecule has 0 aromatic rings. The van der Waals surface area contributed by atoms with E-state index in [4.69, 9.17) is 1.43 Å². The SMILES string of the molecule is [2H]OC(=O)C(CCCCCCCCCCCCCCC)NC(=O)CCCCCCC. The molecule has 0 aliphatic carbocycles. The van der Waals surface area contributed by atoms with Gasteiger partial charge in [-0.05, 0) is 12.8 Å². The summed E-state index contributed by atoms with van der Waals surface area (Å²) in [7, 11) is 0. The third-order valence-electron chi connectivity index (χ3n) is 5.72. The lowest BCUT2D eigenvalue weighted by atomic mass is 10.0. The third kappa shape index (κ3) is 20.0. The quantitative estimate of drug-likeness (QED) is 0.182. The van der Waals surface area contributed by atoms with Gasteiger partial charge in [0.15, 0.2) is 0 Å². The molecule has 0 heterocycles. The van der Waals surface area contributed by atoms with E-state index >= 15 is 0 Å². The van der Waals surface area contributed by atoms with Crippen molar-refractivity contribution in [1.82, 2.24) is 5.32 Å². The van der Waals surface area contributed by atoms with Gasteiger partial charge in [0.25, 0.3) is 1.43 Å². The van der Waals surface area contributed by atoms with Gasteiger partial charge in [0.05, 0.1) is 0 Å².